The Hall–Kier alpha value is -4.89. The number of nitrogens with zero attached hydrogens (tertiary/aromatic N) is 3. The van der Waals surface area contributed by atoms with E-state index in [-0.39, 0.29) is 28.6 Å². The number of benzene rings is 6. The van der Waals surface area contributed by atoms with Crippen molar-refractivity contribution in [2.24, 2.45) is 0 Å². The van der Waals surface area contributed by atoms with E-state index in [0.717, 1.165) is 32.3 Å². The SMILES string of the molecule is [2H]c1c([2H])c([2H])c(-c2nc(-c3ccc4ccc5ccc6ccccc6c5c4c3)nc(-c3c([2H])c([2H])c([2H])c([2H])c3[2H])n2)c([2H])c1[2H]. The highest BCUT2D eigenvalue weighted by Gasteiger charge is 2.13. The summed E-state index contributed by atoms with van der Waals surface area (Å²) in [6.07, 6.45) is 0. The van der Waals surface area contributed by atoms with Gasteiger partial charge in [0.05, 0.1) is 13.7 Å². The Morgan fingerprint density at radius 1 is 0.444 bits per heavy atom. The van der Waals surface area contributed by atoms with E-state index in [1.54, 1.807) is 6.07 Å². The van der Waals surface area contributed by atoms with Crippen LogP contribution in [0.2, 0.25) is 0 Å². The van der Waals surface area contributed by atoms with Crippen molar-refractivity contribution < 1.29 is 13.7 Å². The molecule has 0 unspecified atom stereocenters. The Bertz CT molecular complexity index is 2290. The van der Waals surface area contributed by atoms with Crippen molar-refractivity contribution in [3.05, 3.63) is 127 Å². The van der Waals surface area contributed by atoms with Gasteiger partial charge in [0.15, 0.2) is 17.5 Å². The van der Waals surface area contributed by atoms with Gasteiger partial charge in [0.25, 0.3) is 0 Å². The van der Waals surface area contributed by atoms with Crippen LogP contribution in [0.1, 0.15) is 13.7 Å². The van der Waals surface area contributed by atoms with Gasteiger partial charge in [-0.1, -0.05) is 121 Å². The molecule has 0 aliphatic rings. The molecule has 1 aromatic heterocycles. The number of hydrogen-bond donors (Lipinski definition) is 0. The largest absolute Gasteiger partial charge is 0.208 e. The molecule has 1 heterocycles. The van der Waals surface area contributed by atoms with E-state index in [4.69, 9.17) is 13.7 Å². The molecule has 0 N–H and O–H groups in total. The van der Waals surface area contributed by atoms with Crippen LogP contribution < -0.4 is 0 Å². The fourth-order valence-electron chi connectivity index (χ4n) is 4.42. The molecule has 3 nitrogen and oxygen atoms in total. The standard InChI is InChI=1S/C33H21N3/c1-3-10-25(11-4-1)31-34-32(26-12-5-2-6-13-26)36-33(35-31)27-20-17-23-16-19-24-18-15-22-9-7-8-14-28(22)30(24)29(23)21-27/h1-21H/i1D,2D,3D,4D,5D,6D,10D,11D,12D,13D. The topological polar surface area (TPSA) is 38.7 Å². The Balaban J connectivity index is 1.58. The van der Waals surface area contributed by atoms with Crippen LogP contribution in [-0.4, -0.2) is 15.0 Å². The second kappa shape index (κ2) is 8.40. The summed E-state index contributed by atoms with van der Waals surface area (Å²) in [5.74, 6) is -0.572. The summed E-state index contributed by atoms with van der Waals surface area (Å²) < 4.78 is 83.0. The summed E-state index contributed by atoms with van der Waals surface area (Å²) in [6.45, 7) is 0. The van der Waals surface area contributed by atoms with Gasteiger partial charge >= 0.3 is 0 Å². The van der Waals surface area contributed by atoms with E-state index >= 15 is 0 Å². The van der Waals surface area contributed by atoms with Crippen molar-refractivity contribution in [1.82, 2.24) is 15.0 Å². The summed E-state index contributed by atoms with van der Waals surface area (Å²) >= 11 is 0. The van der Waals surface area contributed by atoms with Crippen molar-refractivity contribution in [2.45, 2.75) is 0 Å². The van der Waals surface area contributed by atoms with Crippen LogP contribution in [0, 0.1) is 0 Å². The lowest BCUT2D eigenvalue weighted by Crippen LogP contribution is -2.00. The number of rotatable bonds is 3. The van der Waals surface area contributed by atoms with Crippen molar-refractivity contribution >= 4 is 32.3 Å². The number of fused-ring (bicyclic) bond motifs is 5. The first-order valence-corrected chi connectivity index (χ1v) is 11.2. The van der Waals surface area contributed by atoms with Gasteiger partial charge in [-0.15, -0.1) is 0 Å². The first kappa shape index (κ1) is 12.7. The lowest BCUT2D eigenvalue weighted by Gasteiger charge is -2.11. The zero-order valence-corrected chi connectivity index (χ0v) is 18.7. The monoisotopic (exact) mass is 469 g/mol. The first-order valence-electron chi connectivity index (χ1n) is 16.2. The smallest absolute Gasteiger partial charge is 0.164 e. The Morgan fingerprint density at radius 2 is 0.944 bits per heavy atom. The highest BCUT2D eigenvalue weighted by Crippen LogP contribution is 2.34. The zero-order chi connectivity index (χ0) is 32.6. The zero-order valence-electron chi connectivity index (χ0n) is 28.7. The minimum atomic E-state index is -0.591. The van der Waals surface area contributed by atoms with Gasteiger partial charge in [0.1, 0.15) is 0 Å². The van der Waals surface area contributed by atoms with Crippen LogP contribution in [0.3, 0.4) is 0 Å². The summed E-state index contributed by atoms with van der Waals surface area (Å²) in [5, 5.41) is 5.94. The molecular formula is C33H21N3. The van der Waals surface area contributed by atoms with Crippen LogP contribution in [0.25, 0.3) is 66.5 Å². The van der Waals surface area contributed by atoms with Crippen LogP contribution in [-0.2, 0) is 0 Å². The van der Waals surface area contributed by atoms with E-state index in [9.17, 15) is 0 Å². The molecule has 6 aromatic carbocycles. The molecule has 0 spiro atoms. The Kier molecular flexibility index (Phi) is 2.97. The van der Waals surface area contributed by atoms with Gasteiger partial charge < -0.3 is 0 Å². The van der Waals surface area contributed by atoms with Gasteiger partial charge in [-0.3, -0.25) is 0 Å². The highest BCUT2D eigenvalue weighted by molar-refractivity contribution is 6.20. The van der Waals surface area contributed by atoms with E-state index < -0.39 is 60.4 Å². The Morgan fingerprint density at radius 3 is 1.58 bits per heavy atom. The molecule has 0 saturated heterocycles. The third kappa shape index (κ3) is 3.50. The second-order valence-electron chi connectivity index (χ2n) is 8.19. The Labute approximate surface area is 222 Å². The predicted molar refractivity (Wildman–Crippen MR) is 149 cm³/mol. The van der Waals surface area contributed by atoms with Crippen molar-refractivity contribution in [3.8, 4) is 34.2 Å². The molecule has 0 saturated carbocycles. The fraction of sp³-hybridized carbons (Fsp3) is 0. The molecule has 0 aliphatic heterocycles. The van der Waals surface area contributed by atoms with Gasteiger partial charge in [-0.25, -0.2) is 15.0 Å². The van der Waals surface area contributed by atoms with E-state index in [2.05, 4.69) is 21.0 Å². The molecule has 0 aliphatic carbocycles. The molecule has 0 amide bonds. The number of aromatic nitrogens is 3. The average Bonchev–Trinajstić information content (AvgIpc) is 3.07. The molecule has 36 heavy (non-hydrogen) atoms. The van der Waals surface area contributed by atoms with Gasteiger partial charge in [0, 0.05) is 16.7 Å². The molecule has 3 heteroatoms. The maximum absolute atomic E-state index is 8.55. The van der Waals surface area contributed by atoms with E-state index in [1.807, 2.05) is 54.6 Å². The quantitative estimate of drug-likeness (QED) is 0.244. The fourth-order valence-corrected chi connectivity index (χ4v) is 4.42. The van der Waals surface area contributed by atoms with Crippen LogP contribution >= 0.6 is 0 Å². The summed E-state index contributed by atoms with van der Waals surface area (Å²) in [5.41, 5.74) is -0.126. The van der Waals surface area contributed by atoms with Crippen molar-refractivity contribution in [1.29, 1.82) is 0 Å². The molecule has 168 valence electrons. The lowest BCUT2D eigenvalue weighted by atomic mass is 9.95. The average molecular weight is 470 g/mol. The molecule has 7 rings (SSSR count). The van der Waals surface area contributed by atoms with E-state index in [1.165, 1.54) is 0 Å². The minimum absolute atomic E-state index is 0.0257. The molecular weight excluding hydrogens is 438 g/mol. The van der Waals surface area contributed by atoms with Crippen LogP contribution in [0.15, 0.2) is 127 Å². The molecule has 0 bridgehead atoms. The van der Waals surface area contributed by atoms with E-state index in [0.29, 0.717) is 5.56 Å². The van der Waals surface area contributed by atoms with Gasteiger partial charge in [0.2, 0.25) is 0 Å². The second-order valence-corrected chi connectivity index (χ2v) is 8.19. The third-order valence-corrected chi connectivity index (χ3v) is 6.07. The van der Waals surface area contributed by atoms with Crippen LogP contribution in [0.5, 0.6) is 0 Å². The minimum Gasteiger partial charge on any atom is -0.208 e. The maximum atomic E-state index is 8.55. The highest BCUT2D eigenvalue weighted by atomic mass is 15.0. The summed E-state index contributed by atoms with van der Waals surface area (Å²) in [4.78, 5) is 13.5. The molecule has 0 atom stereocenters. The maximum Gasteiger partial charge on any atom is 0.164 e. The normalized spacial score (nSPS) is 15.2. The van der Waals surface area contributed by atoms with Gasteiger partial charge in [-0.05, 0) is 38.4 Å². The summed E-state index contributed by atoms with van der Waals surface area (Å²) in [6, 6.07) is 15.9. The summed E-state index contributed by atoms with van der Waals surface area (Å²) in [7, 11) is 0. The third-order valence-electron chi connectivity index (χ3n) is 6.07. The lowest BCUT2D eigenvalue weighted by molar-refractivity contribution is 1.07. The predicted octanol–water partition coefficient (Wildman–Crippen LogP) is 8.33. The molecule has 7 aromatic rings. The number of hydrogen-bond acceptors (Lipinski definition) is 3. The molecule has 0 fully saturated rings. The van der Waals surface area contributed by atoms with Crippen LogP contribution in [0.4, 0.5) is 0 Å². The first-order chi connectivity index (χ1) is 22.0. The van der Waals surface area contributed by atoms with Crippen molar-refractivity contribution in [2.75, 3.05) is 0 Å². The molecule has 0 radical (unpaired) electrons. The van der Waals surface area contributed by atoms with Gasteiger partial charge in [-0.2, -0.15) is 0 Å². The van der Waals surface area contributed by atoms with Crippen molar-refractivity contribution in [3.63, 3.8) is 0 Å².